The summed E-state index contributed by atoms with van der Waals surface area (Å²) in [5, 5.41) is 0. The fraction of sp³-hybridized carbons (Fsp3) is 0.385. The number of carbonyl (C=O) groups is 1. The minimum absolute atomic E-state index is 0.0351. The van der Waals surface area contributed by atoms with E-state index in [1.165, 1.54) is 0 Å². The van der Waals surface area contributed by atoms with E-state index in [0.29, 0.717) is 10.6 Å². The van der Waals surface area contributed by atoms with Gasteiger partial charge in [-0.2, -0.15) is 0 Å². The molecular weight excluding hydrogens is 232 g/mol. The molecule has 92 valence electrons. The molecule has 1 rings (SSSR count). The molecule has 0 heterocycles. The van der Waals surface area contributed by atoms with Gasteiger partial charge in [0.15, 0.2) is 0 Å². The predicted octanol–water partition coefficient (Wildman–Crippen LogP) is 2.19. The van der Waals surface area contributed by atoms with Crippen LogP contribution in [0, 0.1) is 0 Å². The highest BCUT2D eigenvalue weighted by Crippen LogP contribution is 2.07. The molecule has 0 fully saturated rings. The summed E-state index contributed by atoms with van der Waals surface area (Å²) in [5.41, 5.74) is 6.96. The van der Waals surface area contributed by atoms with Crippen molar-refractivity contribution in [1.82, 2.24) is 4.90 Å². The maximum atomic E-state index is 12.0. The molecular formula is C13H18N2OS. The molecule has 0 radical (unpaired) electrons. The first-order valence-corrected chi connectivity index (χ1v) is 6.12. The average Bonchev–Trinajstić information content (AvgIpc) is 2.35. The van der Waals surface area contributed by atoms with Crippen molar-refractivity contribution < 1.29 is 4.79 Å². The van der Waals surface area contributed by atoms with Crippen LogP contribution in [0.25, 0.3) is 0 Å². The summed E-state index contributed by atoms with van der Waals surface area (Å²) in [6.45, 7) is 2.89. The zero-order valence-corrected chi connectivity index (χ0v) is 11.1. The van der Waals surface area contributed by atoms with Crippen LogP contribution in [0.4, 0.5) is 0 Å². The second-order valence-electron chi connectivity index (χ2n) is 4.02. The molecule has 0 aliphatic rings. The van der Waals surface area contributed by atoms with Crippen molar-refractivity contribution in [2.24, 2.45) is 5.73 Å². The fourth-order valence-corrected chi connectivity index (χ4v) is 1.63. The molecule has 4 heteroatoms. The van der Waals surface area contributed by atoms with Crippen LogP contribution >= 0.6 is 12.2 Å². The van der Waals surface area contributed by atoms with Crippen molar-refractivity contribution in [3.63, 3.8) is 0 Å². The number of rotatable bonds is 5. The molecule has 3 nitrogen and oxygen atoms in total. The van der Waals surface area contributed by atoms with Gasteiger partial charge >= 0.3 is 0 Å². The lowest BCUT2D eigenvalue weighted by Crippen LogP contribution is -2.27. The summed E-state index contributed by atoms with van der Waals surface area (Å²) in [4.78, 5) is 14.1. The van der Waals surface area contributed by atoms with Crippen LogP contribution in [0.5, 0.6) is 0 Å². The maximum absolute atomic E-state index is 12.0. The number of amides is 1. The number of unbranched alkanes of at least 4 members (excludes halogenated alkanes) is 1. The van der Waals surface area contributed by atoms with Crippen molar-refractivity contribution in [1.29, 1.82) is 0 Å². The first-order chi connectivity index (χ1) is 8.06. The monoisotopic (exact) mass is 250 g/mol. The second kappa shape index (κ2) is 6.35. The van der Waals surface area contributed by atoms with E-state index in [1.807, 2.05) is 7.05 Å². The van der Waals surface area contributed by atoms with Gasteiger partial charge in [-0.3, -0.25) is 4.79 Å². The molecule has 0 aliphatic carbocycles. The molecule has 1 aromatic rings. The smallest absolute Gasteiger partial charge is 0.253 e. The Morgan fingerprint density at radius 1 is 1.29 bits per heavy atom. The Morgan fingerprint density at radius 2 is 1.82 bits per heavy atom. The number of nitrogens with zero attached hydrogens (tertiary/aromatic N) is 1. The number of nitrogens with two attached hydrogens (primary N) is 1. The van der Waals surface area contributed by atoms with E-state index in [1.54, 1.807) is 29.2 Å². The molecule has 2 N–H and O–H groups in total. The lowest BCUT2D eigenvalue weighted by atomic mass is 10.1. The molecule has 0 atom stereocenters. The summed E-state index contributed by atoms with van der Waals surface area (Å²) in [7, 11) is 1.82. The number of carbonyl (C=O) groups excluding carboxylic acids is 1. The molecule has 1 amide bonds. The first-order valence-electron chi connectivity index (χ1n) is 5.71. The minimum atomic E-state index is 0.0351. The van der Waals surface area contributed by atoms with Crippen LogP contribution in [0.15, 0.2) is 24.3 Å². The molecule has 0 spiro atoms. The Balaban J connectivity index is 2.72. The zero-order valence-electron chi connectivity index (χ0n) is 10.3. The average molecular weight is 250 g/mol. The highest BCUT2D eigenvalue weighted by Gasteiger charge is 2.10. The fourth-order valence-electron chi connectivity index (χ4n) is 1.49. The van der Waals surface area contributed by atoms with Crippen molar-refractivity contribution in [2.75, 3.05) is 13.6 Å². The number of hydrogen-bond donors (Lipinski definition) is 1. The summed E-state index contributed by atoms with van der Waals surface area (Å²) in [6, 6.07) is 7.09. The zero-order chi connectivity index (χ0) is 12.8. The highest BCUT2D eigenvalue weighted by atomic mass is 32.1. The van der Waals surface area contributed by atoms with Crippen molar-refractivity contribution in [3.8, 4) is 0 Å². The van der Waals surface area contributed by atoms with Gasteiger partial charge in [0.1, 0.15) is 4.99 Å². The van der Waals surface area contributed by atoms with Crippen LogP contribution in [0.3, 0.4) is 0 Å². The SMILES string of the molecule is CCCCN(C)C(=O)c1ccc(C(N)=S)cc1. The number of thiocarbonyl (C=S) groups is 1. The summed E-state index contributed by atoms with van der Waals surface area (Å²) >= 11 is 4.86. The second-order valence-corrected chi connectivity index (χ2v) is 4.46. The van der Waals surface area contributed by atoms with Gasteiger partial charge in [-0.15, -0.1) is 0 Å². The Hall–Kier alpha value is -1.42. The van der Waals surface area contributed by atoms with Crippen LogP contribution in [-0.4, -0.2) is 29.4 Å². The molecule has 0 unspecified atom stereocenters. The van der Waals surface area contributed by atoms with Gasteiger partial charge < -0.3 is 10.6 Å². The number of benzene rings is 1. The van der Waals surface area contributed by atoms with Crippen LogP contribution in [0.2, 0.25) is 0 Å². The Labute approximate surface area is 108 Å². The Morgan fingerprint density at radius 3 is 2.29 bits per heavy atom. The quantitative estimate of drug-likeness (QED) is 0.815. The minimum Gasteiger partial charge on any atom is -0.389 e. The maximum Gasteiger partial charge on any atom is 0.253 e. The molecule has 0 saturated heterocycles. The third-order valence-corrected chi connectivity index (χ3v) is 2.85. The van der Waals surface area contributed by atoms with Crippen LogP contribution in [0.1, 0.15) is 35.7 Å². The third kappa shape index (κ3) is 3.82. The molecule has 0 aromatic heterocycles. The van der Waals surface area contributed by atoms with Gasteiger partial charge in [-0.25, -0.2) is 0 Å². The summed E-state index contributed by atoms with van der Waals surface area (Å²) in [6.07, 6.45) is 2.10. The molecule has 0 saturated carbocycles. The summed E-state index contributed by atoms with van der Waals surface area (Å²) in [5.74, 6) is 0.0351. The van der Waals surface area contributed by atoms with E-state index in [0.717, 1.165) is 24.9 Å². The molecule has 1 aromatic carbocycles. The molecule has 17 heavy (non-hydrogen) atoms. The van der Waals surface area contributed by atoms with E-state index < -0.39 is 0 Å². The van der Waals surface area contributed by atoms with Gasteiger partial charge in [0.25, 0.3) is 5.91 Å². The van der Waals surface area contributed by atoms with Crippen LogP contribution < -0.4 is 5.73 Å². The first kappa shape index (κ1) is 13.6. The molecule has 0 bridgehead atoms. The van der Waals surface area contributed by atoms with Crippen LogP contribution in [-0.2, 0) is 0 Å². The van der Waals surface area contributed by atoms with E-state index in [9.17, 15) is 4.79 Å². The van der Waals surface area contributed by atoms with Gasteiger partial charge in [0.05, 0.1) is 0 Å². The van der Waals surface area contributed by atoms with Gasteiger partial charge in [0.2, 0.25) is 0 Å². The normalized spacial score (nSPS) is 10.0. The lowest BCUT2D eigenvalue weighted by Gasteiger charge is -2.16. The predicted molar refractivity (Wildman–Crippen MR) is 74.2 cm³/mol. The van der Waals surface area contributed by atoms with Gasteiger partial charge in [-0.05, 0) is 18.6 Å². The van der Waals surface area contributed by atoms with Crippen molar-refractivity contribution in [2.45, 2.75) is 19.8 Å². The standard InChI is InChI=1S/C13H18N2OS/c1-3-4-9-15(2)13(16)11-7-5-10(6-8-11)12(14)17/h5-8H,3-4,9H2,1-2H3,(H2,14,17). The van der Waals surface area contributed by atoms with E-state index in [2.05, 4.69) is 6.92 Å². The summed E-state index contributed by atoms with van der Waals surface area (Å²) < 4.78 is 0. The van der Waals surface area contributed by atoms with Crippen molar-refractivity contribution in [3.05, 3.63) is 35.4 Å². The Bertz CT molecular complexity index is 400. The van der Waals surface area contributed by atoms with E-state index in [4.69, 9.17) is 18.0 Å². The molecule has 0 aliphatic heterocycles. The lowest BCUT2D eigenvalue weighted by molar-refractivity contribution is 0.0793. The van der Waals surface area contributed by atoms with E-state index >= 15 is 0 Å². The van der Waals surface area contributed by atoms with Crippen molar-refractivity contribution >= 4 is 23.1 Å². The van der Waals surface area contributed by atoms with Gasteiger partial charge in [0, 0.05) is 24.7 Å². The Kier molecular flexibility index (Phi) is 5.10. The van der Waals surface area contributed by atoms with E-state index in [-0.39, 0.29) is 5.91 Å². The number of hydrogen-bond acceptors (Lipinski definition) is 2. The highest BCUT2D eigenvalue weighted by molar-refractivity contribution is 7.80. The van der Waals surface area contributed by atoms with Gasteiger partial charge in [-0.1, -0.05) is 37.7 Å². The third-order valence-electron chi connectivity index (χ3n) is 2.61. The largest absolute Gasteiger partial charge is 0.389 e. The topological polar surface area (TPSA) is 46.3 Å².